The number of hydrogen-bond donors (Lipinski definition) is 2. The zero-order valence-corrected chi connectivity index (χ0v) is 15.4. The molecule has 0 amide bonds. The first kappa shape index (κ1) is 18.3. The number of rotatable bonds is 8. The Morgan fingerprint density at radius 1 is 1.21 bits per heavy atom. The summed E-state index contributed by atoms with van der Waals surface area (Å²) in [6.45, 7) is 9.13. The molecule has 2 N–H and O–H groups in total. The zero-order valence-electron chi connectivity index (χ0n) is 14.6. The first-order valence-electron chi connectivity index (χ1n) is 8.32. The Hall–Kier alpha value is -2.08. The number of ether oxygens (including phenoxy) is 1. The third-order valence-corrected chi connectivity index (χ3v) is 4.47. The average Bonchev–Trinajstić information content (AvgIpc) is 2.91. The number of thiazole rings is 1. The quantitative estimate of drug-likeness (QED) is 0.437. The number of aryl methyl sites for hydroxylation is 2. The van der Waals surface area contributed by atoms with Gasteiger partial charge in [-0.05, 0) is 39.3 Å². The minimum Gasteiger partial charge on any atom is -0.494 e. The lowest BCUT2D eigenvalue weighted by Gasteiger charge is -2.11. The third kappa shape index (κ3) is 6.20. The van der Waals surface area contributed by atoms with Gasteiger partial charge in [0.25, 0.3) is 0 Å². The fraction of sp³-hybridized carbons (Fsp3) is 0.444. The van der Waals surface area contributed by atoms with Gasteiger partial charge in [-0.3, -0.25) is 0 Å². The van der Waals surface area contributed by atoms with Crippen molar-refractivity contribution >= 4 is 17.3 Å². The predicted octanol–water partition coefficient (Wildman–Crippen LogP) is 3.28. The van der Waals surface area contributed by atoms with Crippen LogP contribution >= 0.6 is 11.3 Å². The number of nitrogens with one attached hydrogen (secondary N) is 2. The highest BCUT2D eigenvalue weighted by Gasteiger charge is 2.03. The molecule has 130 valence electrons. The molecule has 0 aliphatic rings. The van der Waals surface area contributed by atoms with Crippen molar-refractivity contribution < 1.29 is 4.74 Å². The van der Waals surface area contributed by atoms with Crippen LogP contribution in [0.4, 0.5) is 0 Å². The molecule has 0 bridgehead atoms. The van der Waals surface area contributed by atoms with Gasteiger partial charge in [0, 0.05) is 18.0 Å². The molecule has 0 atom stereocenters. The highest BCUT2D eigenvalue weighted by atomic mass is 32.1. The Morgan fingerprint density at radius 2 is 2.00 bits per heavy atom. The van der Waals surface area contributed by atoms with Gasteiger partial charge in [0.15, 0.2) is 5.96 Å². The molecular weight excluding hydrogens is 320 g/mol. The third-order valence-electron chi connectivity index (χ3n) is 3.41. The number of benzene rings is 1. The van der Waals surface area contributed by atoms with Crippen molar-refractivity contribution in [2.24, 2.45) is 4.99 Å². The molecule has 0 aliphatic carbocycles. The molecule has 0 spiro atoms. The Labute approximate surface area is 148 Å². The highest BCUT2D eigenvalue weighted by molar-refractivity contribution is 7.11. The molecule has 0 saturated carbocycles. The summed E-state index contributed by atoms with van der Waals surface area (Å²) in [5.41, 5.74) is 1.10. The Bertz CT molecular complexity index is 620. The van der Waals surface area contributed by atoms with E-state index in [9.17, 15) is 0 Å². The Kier molecular flexibility index (Phi) is 7.55. The van der Waals surface area contributed by atoms with Crippen LogP contribution in [0.1, 0.15) is 28.9 Å². The molecule has 24 heavy (non-hydrogen) atoms. The molecule has 1 aromatic carbocycles. The van der Waals surface area contributed by atoms with Crippen molar-refractivity contribution in [3.05, 3.63) is 45.9 Å². The lowest BCUT2D eigenvalue weighted by atomic mass is 10.3. The summed E-state index contributed by atoms with van der Waals surface area (Å²) < 4.78 is 5.68. The number of aliphatic imine (C=N–C) groups is 1. The second-order valence-corrected chi connectivity index (χ2v) is 6.67. The maximum absolute atomic E-state index is 5.68. The van der Waals surface area contributed by atoms with Crippen LogP contribution in [0.25, 0.3) is 0 Å². The van der Waals surface area contributed by atoms with Crippen molar-refractivity contribution in [2.75, 3.05) is 19.7 Å². The number of guanidine groups is 1. The van der Waals surface area contributed by atoms with Crippen LogP contribution in [0.3, 0.4) is 0 Å². The van der Waals surface area contributed by atoms with Crippen molar-refractivity contribution in [3.8, 4) is 5.75 Å². The van der Waals surface area contributed by atoms with E-state index >= 15 is 0 Å². The summed E-state index contributed by atoms with van der Waals surface area (Å²) >= 11 is 1.71. The van der Waals surface area contributed by atoms with E-state index < -0.39 is 0 Å². The summed E-state index contributed by atoms with van der Waals surface area (Å²) in [4.78, 5) is 10.4. The van der Waals surface area contributed by atoms with Crippen molar-refractivity contribution in [1.82, 2.24) is 15.6 Å². The van der Waals surface area contributed by atoms with Gasteiger partial charge >= 0.3 is 0 Å². The second-order valence-electron chi connectivity index (χ2n) is 5.39. The number of aromatic nitrogens is 1. The van der Waals surface area contributed by atoms with Gasteiger partial charge in [-0.1, -0.05) is 18.2 Å². The number of hydrogen-bond acceptors (Lipinski definition) is 4. The van der Waals surface area contributed by atoms with E-state index in [1.165, 1.54) is 4.88 Å². The monoisotopic (exact) mass is 346 g/mol. The number of para-hydroxylation sites is 1. The fourth-order valence-corrected chi connectivity index (χ4v) is 2.94. The van der Waals surface area contributed by atoms with E-state index in [0.29, 0.717) is 13.2 Å². The molecule has 0 fully saturated rings. The van der Waals surface area contributed by atoms with Crippen molar-refractivity contribution in [2.45, 2.75) is 33.7 Å². The minimum atomic E-state index is 0.606. The van der Waals surface area contributed by atoms with Crippen LogP contribution in [-0.2, 0) is 6.54 Å². The summed E-state index contributed by atoms with van der Waals surface area (Å²) in [6, 6.07) is 9.88. The Balaban J connectivity index is 1.73. The fourth-order valence-electron chi connectivity index (χ4n) is 2.08. The van der Waals surface area contributed by atoms with E-state index in [1.807, 2.05) is 37.3 Å². The largest absolute Gasteiger partial charge is 0.494 e. The zero-order chi connectivity index (χ0) is 17.2. The molecule has 5 nitrogen and oxygen atoms in total. The number of nitrogens with zero attached hydrogens (tertiary/aromatic N) is 2. The molecule has 0 unspecified atom stereocenters. The van der Waals surface area contributed by atoms with E-state index in [-0.39, 0.29) is 0 Å². The SMILES string of the molecule is CCNC(=NCc1nc(C)c(C)s1)NCCCOc1ccccc1. The first-order valence-corrected chi connectivity index (χ1v) is 9.13. The van der Waals surface area contributed by atoms with E-state index in [1.54, 1.807) is 11.3 Å². The minimum absolute atomic E-state index is 0.606. The van der Waals surface area contributed by atoms with Gasteiger partial charge in [-0.2, -0.15) is 0 Å². The van der Waals surface area contributed by atoms with Gasteiger partial charge in [0.05, 0.1) is 18.8 Å². The van der Waals surface area contributed by atoms with Gasteiger partial charge in [0.1, 0.15) is 10.8 Å². The smallest absolute Gasteiger partial charge is 0.191 e. The topological polar surface area (TPSA) is 58.5 Å². The summed E-state index contributed by atoms with van der Waals surface area (Å²) in [5, 5.41) is 7.64. The van der Waals surface area contributed by atoms with Gasteiger partial charge in [-0.15, -0.1) is 11.3 Å². The average molecular weight is 347 g/mol. The van der Waals surface area contributed by atoms with Crippen molar-refractivity contribution in [1.29, 1.82) is 0 Å². The lowest BCUT2D eigenvalue weighted by molar-refractivity contribution is 0.311. The van der Waals surface area contributed by atoms with Crippen LogP contribution < -0.4 is 15.4 Å². The van der Waals surface area contributed by atoms with Crippen molar-refractivity contribution in [3.63, 3.8) is 0 Å². The van der Waals surface area contributed by atoms with Crippen LogP contribution in [-0.4, -0.2) is 30.6 Å². The highest BCUT2D eigenvalue weighted by Crippen LogP contribution is 2.16. The molecule has 0 saturated heterocycles. The van der Waals surface area contributed by atoms with Gasteiger partial charge in [-0.25, -0.2) is 9.98 Å². The maximum atomic E-state index is 5.68. The van der Waals surface area contributed by atoms with Crippen LogP contribution in [0.2, 0.25) is 0 Å². The maximum Gasteiger partial charge on any atom is 0.191 e. The lowest BCUT2D eigenvalue weighted by Crippen LogP contribution is -2.38. The molecule has 1 heterocycles. The normalized spacial score (nSPS) is 11.4. The van der Waals surface area contributed by atoms with E-state index in [4.69, 9.17) is 4.74 Å². The standard InChI is InChI=1S/C18H26N4OS/c1-4-19-18(21-13-17-22-14(2)15(3)24-17)20-11-8-12-23-16-9-6-5-7-10-16/h5-7,9-10H,4,8,11-13H2,1-3H3,(H2,19,20,21). The molecular formula is C18H26N4OS. The van der Waals surface area contributed by atoms with E-state index in [0.717, 1.165) is 41.9 Å². The predicted molar refractivity (Wildman–Crippen MR) is 101 cm³/mol. The molecule has 2 aromatic rings. The van der Waals surface area contributed by atoms with Gasteiger partial charge in [0.2, 0.25) is 0 Å². The van der Waals surface area contributed by atoms with Crippen LogP contribution in [0.15, 0.2) is 35.3 Å². The molecule has 0 aliphatic heterocycles. The summed E-state index contributed by atoms with van der Waals surface area (Å²) in [5.74, 6) is 1.73. The summed E-state index contributed by atoms with van der Waals surface area (Å²) in [7, 11) is 0. The van der Waals surface area contributed by atoms with Crippen LogP contribution in [0.5, 0.6) is 5.75 Å². The molecule has 6 heteroatoms. The van der Waals surface area contributed by atoms with Gasteiger partial charge < -0.3 is 15.4 Å². The summed E-state index contributed by atoms with van der Waals surface area (Å²) in [6.07, 6.45) is 0.911. The first-order chi connectivity index (χ1) is 11.7. The molecule has 1 aromatic heterocycles. The molecule has 0 radical (unpaired) electrons. The van der Waals surface area contributed by atoms with E-state index in [2.05, 4.69) is 34.5 Å². The van der Waals surface area contributed by atoms with Crippen LogP contribution in [0, 0.1) is 13.8 Å². The second kappa shape index (κ2) is 9.93. The molecule has 2 rings (SSSR count). The Morgan fingerprint density at radius 3 is 2.67 bits per heavy atom.